The van der Waals surface area contributed by atoms with Gasteiger partial charge in [-0.3, -0.25) is 0 Å². The first-order valence-corrected chi connectivity index (χ1v) is 8.73. The standard InChI is InChI=1S/C21H27N3O2.HI/c1-21(2,3)26-19(25)18-11-7-10-17(14-18)15-24-20(22)23-13-12-16-8-5-4-6-9-16;/h4-11,14H,12-13,15H2,1-3H3,(H3,22,23,24);1H. The molecular formula is C21H28IN3O2. The van der Waals surface area contributed by atoms with Crippen molar-refractivity contribution in [2.24, 2.45) is 10.7 Å². The van der Waals surface area contributed by atoms with Gasteiger partial charge >= 0.3 is 5.97 Å². The maximum absolute atomic E-state index is 12.1. The largest absolute Gasteiger partial charge is 0.456 e. The number of rotatable bonds is 6. The van der Waals surface area contributed by atoms with Crippen LogP contribution in [-0.2, 0) is 17.7 Å². The highest BCUT2D eigenvalue weighted by molar-refractivity contribution is 14.0. The first-order chi connectivity index (χ1) is 12.3. The molecule has 0 aliphatic rings. The number of nitrogens with two attached hydrogens (primary N) is 1. The SMILES string of the molecule is CC(C)(C)OC(=O)c1cccc(CN=C(N)NCCc2ccccc2)c1.I. The van der Waals surface area contributed by atoms with Crippen molar-refractivity contribution in [2.75, 3.05) is 6.54 Å². The molecule has 0 aliphatic heterocycles. The van der Waals surface area contributed by atoms with Gasteiger partial charge in [0.2, 0.25) is 0 Å². The van der Waals surface area contributed by atoms with Crippen molar-refractivity contribution in [3.05, 3.63) is 71.3 Å². The van der Waals surface area contributed by atoms with Gasteiger partial charge in [0.05, 0.1) is 12.1 Å². The summed E-state index contributed by atoms with van der Waals surface area (Å²) in [5, 5.41) is 3.11. The normalized spacial score (nSPS) is 11.4. The van der Waals surface area contributed by atoms with Crippen molar-refractivity contribution >= 4 is 35.9 Å². The van der Waals surface area contributed by atoms with Crippen LogP contribution in [0.5, 0.6) is 0 Å². The van der Waals surface area contributed by atoms with Crippen LogP contribution in [0.2, 0.25) is 0 Å². The summed E-state index contributed by atoms with van der Waals surface area (Å²) in [5.41, 5.74) is 8.07. The van der Waals surface area contributed by atoms with Gasteiger partial charge in [-0.25, -0.2) is 9.79 Å². The van der Waals surface area contributed by atoms with E-state index in [0.717, 1.165) is 18.5 Å². The van der Waals surface area contributed by atoms with Gasteiger partial charge in [-0.2, -0.15) is 0 Å². The molecule has 3 N–H and O–H groups in total. The van der Waals surface area contributed by atoms with E-state index in [2.05, 4.69) is 22.4 Å². The van der Waals surface area contributed by atoms with E-state index in [1.807, 2.05) is 51.1 Å². The number of nitrogens with zero attached hydrogens (tertiary/aromatic N) is 1. The van der Waals surface area contributed by atoms with Crippen LogP contribution in [0.4, 0.5) is 0 Å². The minimum atomic E-state index is -0.516. The maximum Gasteiger partial charge on any atom is 0.338 e. The number of carbonyl (C=O) groups is 1. The lowest BCUT2D eigenvalue weighted by Gasteiger charge is -2.19. The van der Waals surface area contributed by atoms with Crippen molar-refractivity contribution < 1.29 is 9.53 Å². The summed E-state index contributed by atoms with van der Waals surface area (Å²) in [6, 6.07) is 17.5. The number of aliphatic imine (C=N–C) groups is 1. The Morgan fingerprint density at radius 3 is 2.41 bits per heavy atom. The molecule has 0 unspecified atom stereocenters. The van der Waals surface area contributed by atoms with E-state index in [9.17, 15) is 4.79 Å². The first-order valence-electron chi connectivity index (χ1n) is 8.73. The quantitative estimate of drug-likeness (QED) is 0.284. The number of halogens is 1. The van der Waals surface area contributed by atoms with E-state index < -0.39 is 5.60 Å². The van der Waals surface area contributed by atoms with Crippen molar-refractivity contribution in [3.63, 3.8) is 0 Å². The van der Waals surface area contributed by atoms with Crippen molar-refractivity contribution in [3.8, 4) is 0 Å². The average Bonchev–Trinajstić information content (AvgIpc) is 2.60. The Labute approximate surface area is 178 Å². The molecule has 2 aromatic rings. The monoisotopic (exact) mass is 481 g/mol. The summed E-state index contributed by atoms with van der Waals surface area (Å²) < 4.78 is 5.39. The van der Waals surface area contributed by atoms with E-state index in [0.29, 0.717) is 18.1 Å². The highest BCUT2D eigenvalue weighted by atomic mass is 127. The fourth-order valence-electron chi connectivity index (χ4n) is 2.35. The number of ether oxygens (including phenoxy) is 1. The van der Waals surface area contributed by atoms with Crippen molar-refractivity contribution in [2.45, 2.75) is 39.3 Å². The zero-order valence-corrected chi connectivity index (χ0v) is 18.4. The van der Waals surface area contributed by atoms with Gasteiger partial charge in [0, 0.05) is 6.54 Å². The molecule has 2 rings (SSSR count). The summed E-state index contributed by atoms with van der Waals surface area (Å²) in [4.78, 5) is 16.5. The second kappa shape index (κ2) is 10.9. The summed E-state index contributed by atoms with van der Waals surface area (Å²) in [7, 11) is 0. The van der Waals surface area contributed by atoms with Gasteiger partial charge in [0.25, 0.3) is 0 Å². The Morgan fingerprint density at radius 1 is 1.07 bits per heavy atom. The highest BCUT2D eigenvalue weighted by Gasteiger charge is 2.17. The smallest absolute Gasteiger partial charge is 0.338 e. The lowest BCUT2D eigenvalue weighted by Crippen LogP contribution is -2.33. The van der Waals surface area contributed by atoms with Crippen LogP contribution in [0.3, 0.4) is 0 Å². The molecule has 5 nitrogen and oxygen atoms in total. The number of hydrogen-bond acceptors (Lipinski definition) is 3. The lowest BCUT2D eigenvalue weighted by atomic mass is 10.1. The number of nitrogens with one attached hydrogen (secondary N) is 1. The Morgan fingerprint density at radius 2 is 1.74 bits per heavy atom. The summed E-state index contributed by atoms with van der Waals surface area (Å²) in [6.45, 7) is 6.67. The highest BCUT2D eigenvalue weighted by Crippen LogP contribution is 2.13. The Hall–Kier alpha value is -2.09. The fraction of sp³-hybridized carbons (Fsp3) is 0.333. The van der Waals surface area contributed by atoms with Gasteiger partial charge in [-0.05, 0) is 50.5 Å². The predicted molar refractivity (Wildman–Crippen MR) is 121 cm³/mol. The minimum absolute atomic E-state index is 0. The number of benzene rings is 2. The summed E-state index contributed by atoms with van der Waals surface area (Å²) in [5.74, 6) is 0.0564. The van der Waals surface area contributed by atoms with E-state index in [1.54, 1.807) is 12.1 Å². The second-order valence-electron chi connectivity index (χ2n) is 7.07. The van der Waals surface area contributed by atoms with Gasteiger partial charge in [0.1, 0.15) is 5.60 Å². The van der Waals surface area contributed by atoms with E-state index in [1.165, 1.54) is 5.56 Å². The molecule has 0 amide bonds. The Bertz CT molecular complexity index is 756. The zero-order chi connectivity index (χ0) is 19.0. The van der Waals surface area contributed by atoms with E-state index in [4.69, 9.17) is 10.5 Å². The molecule has 0 atom stereocenters. The van der Waals surface area contributed by atoms with Gasteiger partial charge in [-0.15, -0.1) is 24.0 Å². The van der Waals surface area contributed by atoms with Crippen LogP contribution < -0.4 is 11.1 Å². The zero-order valence-electron chi connectivity index (χ0n) is 16.1. The molecule has 0 aliphatic carbocycles. The van der Waals surface area contributed by atoms with Gasteiger partial charge in [0.15, 0.2) is 5.96 Å². The van der Waals surface area contributed by atoms with Crippen molar-refractivity contribution in [1.29, 1.82) is 0 Å². The minimum Gasteiger partial charge on any atom is -0.456 e. The third-order valence-corrected chi connectivity index (χ3v) is 3.56. The molecule has 6 heteroatoms. The topological polar surface area (TPSA) is 76.7 Å². The van der Waals surface area contributed by atoms with E-state index >= 15 is 0 Å². The predicted octanol–water partition coefficient (Wildman–Crippen LogP) is 3.91. The van der Waals surface area contributed by atoms with Crippen LogP contribution in [0.25, 0.3) is 0 Å². The Balaban J connectivity index is 0.00000364. The molecule has 0 spiro atoms. The molecule has 0 radical (unpaired) electrons. The lowest BCUT2D eigenvalue weighted by molar-refractivity contribution is 0.00694. The van der Waals surface area contributed by atoms with Crippen LogP contribution in [0.1, 0.15) is 42.3 Å². The van der Waals surface area contributed by atoms with E-state index in [-0.39, 0.29) is 29.9 Å². The maximum atomic E-state index is 12.1. The molecule has 0 saturated heterocycles. The molecule has 146 valence electrons. The fourth-order valence-corrected chi connectivity index (χ4v) is 2.35. The number of carbonyl (C=O) groups excluding carboxylic acids is 1. The molecule has 0 heterocycles. The molecule has 2 aromatic carbocycles. The third kappa shape index (κ3) is 8.90. The average molecular weight is 481 g/mol. The van der Waals surface area contributed by atoms with Crippen LogP contribution in [-0.4, -0.2) is 24.1 Å². The molecule has 0 saturated carbocycles. The van der Waals surface area contributed by atoms with Crippen LogP contribution in [0.15, 0.2) is 59.6 Å². The summed E-state index contributed by atoms with van der Waals surface area (Å²) in [6.07, 6.45) is 0.880. The molecule has 0 aromatic heterocycles. The molecule has 0 bridgehead atoms. The van der Waals surface area contributed by atoms with Crippen LogP contribution >= 0.6 is 24.0 Å². The third-order valence-electron chi connectivity index (χ3n) is 3.56. The van der Waals surface area contributed by atoms with Crippen molar-refractivity contribution in [1.82, 2.24) is 5.32 Å². The summed E-state index contributed by atoms with van der Waals surface area (Å²) >= 11 is 0. The van der Waals surface area contributed by atoms with Gasteiger partial charge in [-0.1, -0.05) is 42.5 Å². The molecule has 27 heavy (non-hydrogen) atoms. The molecular weight excluding hydrogens is 453 g/mol. The molecule has 0 fully saturated rings. The number of hydrogen-bond donors (Lipinski definition) is 2. The second-order valence-corrected chi connectivity index (χ2v) is 7.07. The number of esters is 1. The first kappa shape index (κ1) is 23.0. The van der Waals surface area contributed by atoms with Crippen LogP contribution in [0, 0.1) is 0 Å². The van der Waals surface area contributed by atoms with Gasteiger partial charge < -0.3 is 15.8 Å². The number of guanidine groups is 1. The Kier molecular flexibility index (Phi) is 9.28.